The van der Waals surface area contributed by atoms with Gasteiger partial charge >= 0.3 is 6.18 Å². The normalized spacial score (nSPS) is 14.1. The molecule has 1 heterocycles. The molecule has 1 aromatic heterocycles. The van der Waals surface area contributed by atoms with Crippen molar-refractivity contribution in [1.29, 1.82) is 0 Å². The second kappa shape index (κ2) is 5.14. The molecule has 1 rings (SSSR count). The maximum atomic E-state index is 12.3. The van der Waals surface area contributed by atoms with E-state index in [1.165, 1.54) is 0 Å². The minimum atomic E-state index is -4.50. The van der Waals surface area contributed by atoms with Crippen LogP contribution in [-0.2, 0) is 6.18 Å². The molecule has 96 valence electrons. The molecule has 17 heavy (non-hydrogen) atoms. The first kappa shape index (κ1) is 14.1. The fourth-order valence-corrected chi connectivity index (χ4v) is 1.82. The summed E-state index contributed by atoms with van der Waals surface area (Å²) in [5.74, 6) is -0.284. The van der Waals surface area contributed by atoms with Gasteiger partial charge in [0, 0.05) is 18.7 Å². The van der Waals surface area contributed by atoms with Crippen LogP contribution >= 0.6 is 11.3 Å². The molecule has 0 saturated carbocycles. The summed E-state index contributed by atoms with van der Waals surface area (Å²) in [6.07, 6.45) is -3.50. The Bertz CT molecular complexity index is 401. The Morgan fingerprint density at radius 1 is 1.53 bits per heavy atom. The van der Waals surface area contributed by atoms with Gasteiger partial charge in [0.1, 0.15) is 0 Å². The van der Waals surface area contributed by atoms with E-state index in [0.29, 0.717) is 11.3 Å². The van der Waals surface area contributed by atoms with E-state index in [9.17, 15) is 18.0 Å². The molecule has 0 aliphatic carbocycles. The standard InChI is InChI=1S/C10H13F3N2OS/c1-5(2)6(14)3-7(16)8-4-15-9(17-8)10(11,12)13/h4-6H,3,14H2,1-2H3. The quantitative estimate of drug-likeness (QED) is 0.852. The number of carbonyl (C=O) groups is 1. The van der Waals surface area contributed by atoms with Gasteiger partial charge < -0.3 is 5.73 Å². The lowest BCUT2D eigenvalue weighted by atomic mass is 9.99. The van der Waals surface area contributed by atoms with Crippen molar-refractivity contribution in [2.75, 3.05) is 0 Å². The number of hydrogen-bond donors (Lipinski definition) is 1. The van der Waals surface area contributed by atoms with Crippen LogP contribution < -0.4 is 5.73 Å². The maximum absolute atomic E-state index is 12.3. The summed E-state index contributed by atoms with van der Waals surface area (Å²) in [6, 6.07) is -0.348. The molecule has 1 unspecified atom stereocenters. The van der Waals surface area contributed by atoms with E-state index in [1.807, 2.05) is 13.8 Å². The highest BCUT2D eigenvalue weighted by Gasteiger charge is 2.35. The lowest BCUT2D eigenvalue weighted by Crippen LogP contribution is -2.29. The van der Waals surface area contributed by atoms with Crippen LogP contribution in [0.2, 0.25) is 0 Å². The summed E-state index contributed by atoms with van der Waals surface area (Å²) >= 11 is 0.360. The fourth-order valence-electron chi connectivity index (χ4n) is 1.08. The van der Waals surface area contributed by atoms with Crippen molar-refractivity contribution in [3.8, 4) is 0 Å². The molecule has 2 N–H and O–H groups in total. The van der Waals surface area contributed by atoms with E-state index in [-0.39, 0.29) is 29.0 Å². The maximum Gasteiger partial charge on any atom is 0.443 e. The zero-order valence-corrected chi connectivity index (χ0v) is 10.2. The van der Waals surface area contributed by atoms with Crippen molar-refractivity contribution in [1.82, 2.24) is 4.98 Å². The van der Waals surface area contributed by atoms with Crippen LogP contribution in [0, 0.1) is 5.92 Å². The van der Waals surface area contributed by atoms with Crippen molar-refractivity contribution in [2.24, 2.45) is 11.7 Å². The molecular formula is C10H13F3N2OS. The van der Waals surface area contributed by atoms with Crippen LogP contribution in [0.15, 0.2) is 6.20 Å². The third-order valence-corrected chi connectivity index (χ3v) is 3.38. The van der Waals surface area contributed by atoms with Crippen molar-refractivity contribution in [2.45, 2.75) is 32.5 Å². The van der Waals surface area contributed by atoms with Crippen molar-refractivity contribution in [3.63, 3.8) is 0 Å². The SMILES string of the molecule is CC(C)C(N)CC(=O)c1cnc(C(F)(F)F)s1. The predicted molar refractivity (Wildman–Crippen MR) is 58.9 cm³/mol. The first-order valence-corrected chi connectivity index (χ1v) is 5.85. The Hall–Kier alpha value is -0.950. The van der Waals surface area contributed by atoms with Crippen molar-refractivity contribution in [3.05, 3.63) is 16.1 Å². The van der Waals surface area contributed by atoms with E-state index in [0.717, 1.165) is 6.20 Å². The molecule has 0 aliphatic heterocycles. The number of rotatable bonds is 4. The van der Waals surface area contributed by atoms with Crippen LogP contribution in [0.3, 0.4) is 0 Å². The molecule has 0 aliphatic rings. The van der Waals surface area contributed by atoms with E-state index in [1.54, 1.807) is 0 Å². The number of ketones is 1. The molecule has 1 atom stereocenters. The van der Waals surface area contributed by atoms with Gasteiger partial charge in [-0.1, -0.05) is 13.8 Å². The number of nitrogens with two attached hydrogens (primary N) is 1. The molecule has 7 heteroatoms. The number of Topliss-reactive ketones (excluding diaryl/α,β-unsaturated/α-hetero) is 1. The summed E-state index contributed by atoms with van der Waals surface area (Å²) < 4.78 is 36.8. The average molecular weight is 266 g/mol. The molecule has 0 amide bonds. The second-order valence-corrected chi connectivity index (χ2v) is 5.09. The van der Waals surface area contributed by atoms with Gasteiger partial charge in [0.2, 0.25) is 0 Å². The molecule has 1 aromatic rings. The predicted octanol–water partition coefficient (Wildman–Crippen LogP) is 2.72. The van der Waals surface area contributed by atoms with Gasteiger partial charge in [0.05, 0.1) is 4.88 Å². The molecule has 3 nitrogen and oxygen atoms in total. The Morgan fingerprint density at radius 3 is 2.53 bits per heavy atom. The van der Waals surface area contributed by atoms with Gasteiger partial charge in [0.15, 0.2) is 10.8 Å². The molecule has 0 fully saturated rings. The van der Waals surface area contributed by atoms with E-state index < -0.39 is 11.2 Å². The number of carbonyl (C=O) groups excluding carboxylic acids is 1. The zero-order chi connectivity index (χ0) is 13.2. The van der Waals surface area contributed by atoms with E-state index in [4.69, 9.17) is 5.73 Å². The van der Waals surface area contributed by atoms with Crippen molar-refractivity contribution < 1.29 is 18.0 Å². The first-order valence-electron chi connectivity index (χ1n) is 5.03. The number of aromatic nitrogens is 1. The summed E-state index contributed by atoms with van der Waals surface area (Å²) in [4.78, 5) is 14.8. The summed E-state index contributed by atoms with van der Waals surface area (Å²) in [6.45, 7) is 3.71. The Labute approximate surface area is 101 Å². The Kier molecular flexibility index (Phi) is 4.26. The molecule has 0 radical (unpaired) electrons. The molecule has 0 spiro atoms. The van der Waals surface area contributed by atoms with Crippen LogP contribution in [0.1, 0.15) is 34.9 Å². The molecule has 0 bridgehead atoms. The van der Waals surface area contributed by atoms with E-state index in [2.05, 4.69) is 4.98 Å². The van der Waals surface area contributed by atoms with E-state index >= 15 is 0 Å². The monoisotopic (exact) mass is 266 g/mol. The van der Waals surface area contributed by atoms with Crippen LogP contribution in [0.25, 0.3) is 0 Å². The first-order chi connectivity index (χ1) is 7.71. The van der Waals surface area contributed by atoms with Gasteiger partial charge in [-0.2, -0.15) is 13.2 Å². The van der Waals surface area contributed by atoms with Crippen LogP contribution in [-0.4, -0.2) is 16.8 Å². The van der Waals surface area contributed by atoms with Gasteiger partial charge in [-0.05, 0) is 5.92 Å². The molecule has 0 saturated heterocycles. The molecular weight excluding hydrogens is 253 g/mol. The largest absolute Gasteiger partial charge is 0.443 e. The topological polar surface area (TPSA) is 56.0 Å². The fraction of sp³-hybridized carbons (Fsp3) is 0.600. The Morgan fingerprint density at radius 2 is 2.12 bits per heavy atom. The van der Waals surface area contributed by atoms with Gasteiger partial charge in [-0.15, -0.1) is 11.3 Å². The van der Waals surface area contributed by atoms with Crippen LogP contribution in [0.5, 0.6) is 0 Å². The summed E-state index contributed by atoms with van der Waals surface area (Å²) in [5.41, 5.74) is 5.69. The van der Waals surface area contributed by atoms with Gasteiger partial charge in [-0.25, -0.2) is 4.98 Å². The second-order valence-electron chi connectivity index (χ2n) is 4.06. The number of thiazole rings is 1. The van der Waals surface area contributed by atoms with Gasteiger partial charge in [0.25, 0.3) is 0 Å². The summed E-state index contributed by atoms with van der Waals surface area (Å²) in [5, 5.41) is -1.00. The highest BCUT2D eigenvalue weighted by Crippen LogP contribution is 2.32. The smallest absolute Gasteiger partial charge is 0.327 e. The highest BCUT2D eigenvalue weighted by atomic mass is 32.1. The highest BCUT2D eigenvalue weighted by molar-refractivity contribution is 7.13. The van der Waals surface area contributed by atoms with Crippen LogP contribution in [0.4, 0.5) is 13.2 Å². The average Bonchev–Trinajstić information content (AvgIpc) is 2.65. The summed E-state index contributed by atoms with van der Waals surface area (Å²) in [7, 11) is 0. The number of nitrogens with zero attached hydrogens (tertiary/aromatic N) is 1. The minimum absolute atomic E-state index is 0.00780. The Balaban J connectivity index is 2.74. The zero-order valence-electron chi connectivity index (χ0n) is 9.41. The third-order valence-electron chi connectivity index (χ3n) is 2.30. The number of halogens is 3. The lowest BCUT2D eigenvalue weighted by molar-refractivity contribution is -0.137. The molecule has 0 aromatic carbocycles. The van der Waals surface area contributed by atoms with Gasteiger partial charge in [-0.3, -0.25) is 4.79 Å². The number of alkyl halides is 3. The minimum Gasteiger partial charge on any atom is -0.327 e. The number of hydrogen-bond acceptors (Lipinski definition) is 4. The third kappa shape index (κ3) is 3.78. The lowest BCUT2D eigenvalue weighted by Gasteiger charge is -2.13. The van der Waals surface area contributed by atoms with Crippen molar-refractivity contribution >= 4 is 17.1 Å².